The summed E-state index contributed by atoms with van der Waals surface area (Å²) in [5.41, 5.74) is 1.54. The third kappa shape index (κ3) is 3.52. The lowest BCUT2D eigenvalue weighted by molar-refractivity contribution is 0.414. The monoisotopic (exact) mass is 355 g/mol. The fourth-order valence-corrected chi connectivity index (χ4v) is 3.09. The molecule has 6 heteroatoms. The molecule has 2 aromatic rings. The highest BCUT2D eigenvalue weighted by Crippen LogP contribution is 2.20. The minimum absolute atomic E-state index is 0.197. The van der Waals surface area contributed by atoms with Crippen LogP contribution in [0.5, 0.6) is 5.75 Å². The van der Waals surface area contributed by atoms with E-state index in [4.69, 9.17) is 4.74 Å². The summed E-state index contributed by atoms with van der Waals surface area (Å²) < 4.78 is 32.0. The third-order valence-corrected chi connectivity index (χ3v) is 4.75. The van der Waals surface area contributed by atoms with Crippen LogP contribution in [0.4, 0.5) is 5.69 Å². The molecule has 0 radical (unpaired) electrons. The van der Waals surface area contributed by atoms with Gasteiger partial charge in [0.15, 0.2) is 0 Å². The highest BCUT2D eigenvalue weighted by atomic mass is 79.9. The van der Waals surface area contributed by atoms with Crippen LogP contribution in [0.2, 0.25) is 0 Å². The molecule has 1 N–H and O–H groups in total. The van der Waals surface area contributed by atoms with E-state index in [-0.39, 0.29) is 4.90 Å². The Morgan fingerprint density at radius 1 is 1.15 bits per heavy atom. The van der Waals surface area contributed by atoms with Crippen LogP contribution in [0.15, 0.2) is 53.4 Å². The molecular weight excluding hydrogens is 342 g/mol. The van der Waals surface area contributed by atoms with E-state index in [0.717, 1.165) is 5.56 Å². The first-order chi connectivity index (χ1) is 9.55. The molecule has 0 aliphatic heterocycles. The summed E-state index contributed by atoms with van der Waals surface area (Å²) in [6, 6.07) is 13.5. The number of methoxy groups -OCH3 is 1. The van der Waals surface area contributed by atoms with Gasteiger partial charge in [0.1, 0.15) is 5.75 Å². The molecular formula is C14H14BrNO3S. The van der Waals surface area contributed by atoms with Crippen LogP contribution in [-0.2, 0) is 15.4 Å². The smallest absolute Gasteiger partial charge is 0.261 e. The van der Waals surface area contributed by atoms with Crippen LogP contribution in [0.1, 0.15) is 5.56 Å². The zero-order valence-electron chi connectivity index (χ0n) is 10.8. The molecule has 0 aliphatic rings. The largest absolute Gasteiger partial charge is 0.497 e. The Labute approximate surface area is 127 Å². The maximum absolute atomic E-state index is 12.2. The van der Waals surface area contributed by atoms with E-state index >= 15 is 0 Å². The van der Waals surface area contributed by atoms with Crippen LogP contribution in [0.3, 0.4) is 0 Å². The Morgan fingerprint density at radius 3 is 2.45 bits per heavy atom. The molecule has 2 aromatic carbocycles. The minimum atomic E-state index is -3.58. The third-order valence-electron chi connectivity index (χ3n) is 2.70. The number of rotatable bonds is 5. The summed E-state index contributed by atoms with van der Waals surface area (Å²) in [7, 11) is -2.05. The molecule has 2 rings (SSSR count). The van der Waals surface area contributed by atoms with Gasteiger partial charge in [0.05, 0.1) is 12.0 Å². The quantitative estimate of drug-likeness (QED) is 0.836. The Hall–Kier alpha value is -1.53. The second-order valence-corrected chi connectivity index (χ2v) is 6.36. The Morgan fingerprint density at radius 2 is 1.85 bits per heavy atom. The van der Waals surface area contributed by atoms with Crippen molar-refractivity contribution in [3.63, 3.8) is 0 Å². The molecule has 0 fully saturated rings. The molecule has 0 bridgehead atoms. The maximum Gasteiger partial charge on any atom is 0.261 e. The summed E-state index contributed by atoms with van der Waals surface area (Å²) in [6.07, 6.45) is 0. The Bertz CT molecular complexity index is 684. The number of ether oxygens (including phenoxy) is 1. The van der Waals surface area contributed by atoms with E-state index in [2.05, 4.69) is 20.7 Å². The van der Waals surface area contributed by atoms with Crippen molar-refractivity contribution in [3.8, 4) is 5.75 Å². The second-order valence-electron chi connectivity index (χ2n) is 4.12. The lowest BCUT2D eigenvalue weighted by Gasteiger charge is -2.09. The van der Waals surface area contributed by atoms with E-state index in [1.807, 2.05) is 12.1 Å². The number of hydrogen-bond donors (Lipinski definition) is 1. The van der Waals surface area contributed by atoms with Crippen LogP contribution >= 0.6 is 15.9 Å². The number of halogens is 1. The lowest BCUT2D eigenvalue weighted by Crippen LogP contribution is -2.12. The van der Waals surface area contributed by atoms with Gasteiger partial charge in [-0.15, -0.1) is 0 Å². The van der Waals surface area contributed by atoms with Crippen molar-refractivity contribution < 1.29 is 13.2 Å². The van der Waals surface area contributed by atoms with Gasteiger partial charge in [-0.05, 0) is 42.0 Å². The van der Waals surface area contributed by atoms with Crippen molar-refractivity contribution in [1.29, 1.82) is 0 Å². The maximum atomic E-state index is 12.2. The van der Waals surface area contributed by atoms with Crippen LogP contribution in [0.25, 0.3) is 0 Å². The first kappa shape index (κ1) is 14.9. The predicted molar refractivity (Wildman–Crippen MR) is 82.9 cm³/mol. The molecule has 20 heavy (non-hydrogen) atoms. The summed E-state index contributed by atoms with van der Waals surface area (Å²) in [6.45, 7) is 0. The standard InChI is InChI=1S/C14H14BrNO3S/c1-19-13-5-7-14(8-6-13)20(17,18)16-12-4-2-3-11(9-12)10-15/h2-9,16H,10H2,1H3. The van der Waals surface area contributed by atoms with Crippen LogP contribution in [-0.4, -0.2) is 15.5 Å². The SMILES string of the molecule is COc1ccc(S(=O)(=O)Nc2cccc(CBr)c2)cc1. The highest BCUT2D eigenvalue weighted by molar-refractivity contribution is 9.08. The van der Waals surface area contributed by atoms with Gasteiger partial charge in [-0.2, -0.15) is 0 Å². The van der Waals surface area contributed by atoms with E-state index in [0.29, 0.717) is 16.8 Å². The van der Waals surface area contributed by atoms with Gasteiger partial charge in [-0.3, -0.25) is 4.72 Å². The number of benzene rings is 2. The first-order valence-corrected chi connectivity index (χ1v) is 8.47. The lowest BCUT2D eigenvalue weighted by atomic mass is 10.2. The fraction of sp³-hybridized carbons (Fsp3) is 0.143. The number of nitrogens with one attached hydrogen (secondary N) is 1. The molecule has 0 amide bonds. The highest BCUT2D eigenvalue weighted by Gasteiger charge is 2.14. The zero-order chi connectivity index (χ0) is 14.6. The van der Waals surface area contributed by atoms with Crippen molar-refractivity contribution >= 4 is 31.6 Å². The first-order valence-electron chi connectivity index (χ1n) is 5.87. The summed E-state index contributed by atoms with van der Waals surface area (Å²) in [4.78, 5) is 0.197. The van der Waals surface area contributed by atoms with Gasteiger partial charge < -0.3 is 4.74 Å². The summed E-state index contributed by atoms with van der Waals surface area (Å²) in [5.74, 6) is 0.616. The van der Waals surface area contributed by atoms with E-state index < -0.39 is 10.0 Å². The van der Waals surface area contributed by atoms with Crippen molar-refractivity contribution in [2.24, 2.45) is 0 Å². The second kappa shape index (κ2) is 6.28. The van der Waals surface area contributed by atoms with Crippen molar-refractivity contribution in [2.45, 2.75) is 10.2 Å². The molecule has 0 aliphatic carbocycles. The molecule has 0 saturated carbocycles. The van der Waals surface area contributed by atoms with Crippen LogP contribution in [0, 0.1) is 0 Å². The van der Waals surface area contributed by atoms with Crippen molar-refractivity contribution in [3.05, 3.63) is 54.1 Å². The van der Waals surface area contributed by atoms with E-state index in [9.17, 15) is 8.42 Å². The zero-order valence-corrected chi connectivity index (χ0v) is 13.2. The topological polar surface area (TPSA) is 55.4 Å². The molecule has 4 nitrogen and oxygen atoms in total. The number of sulfonamides is 1. The molecule has 0 aromatic heterocycles. The summed E-state index contributed by atoms with van der Waals surface area (Å²) >= 11 is 3.34. The van der Waals surface area contributed by atoms with Gasteiger partial charge in [0, 0.05) is 11.0 Å². The van der Waals surface area contributed by atoms with Crippen molar-refractivity contribution in [1.82, 2.24) is 0 Å². The average Bonchev–Trinajstić information content (AvgIpc) is 2.47. The van der Waals surface area contributed by atoms with Gasteiger partial charge >= 0.3 is 0 Å². The van der Waals surface area contributed by atoms with Crippen molar-refractivity contribution in [2.75, 3.05) is 11.8 Å². The molecule has 0 unspecified atom stereocenters. The number of anilines is 1. The molecule has 0 heterocycles. The number of hydrogen-bond acceptors (Lipinski definition) is 3. The Kier molecular flexibility index (Phi) is 4.67. The van der Waals surface area contributed by atoms with Gasteiger partial charge in [0.25, 0.3) is 10.0 Å². The average molecular weight is 356 g/mol. The molecule has 0 spiro atoms. The molecule has 0 atom stereocenters. The molecule has 0 saturated heterocycles. The van der Waals surface area contributed by atoms with E-state index in [1.54, 1.807) is 24.3 Å². The number of alkyl halides is 1. The van der Waals surface area contributed by atoms with Gasteiger partial charge in [0.2, 0.25) is 0 Å². The fourth-order valence-electron chi connectivity index (χ4n) is 1.69. The predicted octanol–water partition coefficient (Wildman–Crippen LogP) is 3.39. The Balaban J connectivity index is 2.25. The van der Waals surface area contributed by atoms with Crippen LogP contribution < -0.4 is 9.46 Å². The van der Waals surface area contributed by atoms with E-state index in [1.165, 1.54) is 19.2 Å². The van der Waals surface area contributed by atoms with Gasteiger partial charge in [-0.1, -0.05) is 28.1 Å². The summed E-state index contributed by atoms with van der Waals surface area (Å²) in [5, 5.41) is 0.672. The van der Waals surface area contributed by atoms with Gasteiger partial charge in [-0.25, -0.2) is 8.42 Å². The minimum Gasteiger partial charge on any atom is -0.497 e. The molecule has 106 valence electrons. The normalized spacial score (nSPS) is 11.1.